The lowest BCUT2D eigenvalue weighted by atomic mass is 10.0. The third-order valence-electron chi connectivity index (χ3n) is 3.46. The number of nitrogens with zero attached hydrogens (tertiary/aromatic N) is 2. The van der Waals surface area contributed by atoms with Crippen molar-refractivity contribution < 1.29 is 9.72 Å². The predicted molar refractivity (Wildman–Crippen MR) is 83.3 cm³/mol. The van der Waals surface area contributed by atoms with Crippen molar-refractivity contribution in [2.45, 2.75) is 18.9 Å². The molecule has 0 bridgehead atoms. The summed E-state index contributed by atoms with van der Waals surface area (Å²) in [5, 5.41) is 14.2. The Balaban J connectivity index is 0.00000220. The van der Waals surface area contributed by atoms with Crippen LogP contribution < -0.4 is 5.32 Å². The van der Waals surface area contributed by atoms with E-state index in [0.29, 0.717) is 13.1 Å². The largest absolute Gasteiger partial charge is 0.337 e. The number of hydrogen-bond acceptors (Lipinski definition) is 4. The predicted octanol–water partition coefficient (Wildman–Crippen LogP) is 2.49. The highest BCUT2D eigenvalue weighted by Gasteiger charge is 2.24. The minimum absolute atomic E-state index is 0. The van der Waals surface area contributed by atoms with Crippen LogP contribution in [0.15, 0.2) is 18.2 Å². The number of halogens is 2. The van der Waals surface area contributed by atoms with Gasteiger partial charge in [-0.05, 0) is 26.0 Å². The Morgan fingerprint density at radius 2 is 2.19 bits per heavy atom. The molecule has 0 aliphatic carbocycles. The molecule has 8 heteroatoms. The smallest absolute Gasteiger partial charge is 0.271 e. The van der Waals surface area contributed by atoms with Crippen molar-refractivity contribution in [3.63, 3.8) is 0 Å². The zero-order valence-corrected chi connectivity index (χ0v) is 13.1. The van der Waals surface area contributed by atoms with Gasteiger partial charge in [-0.3, -0.25) is 14.9 Å². The number of rotatable bonds is 3. The average Bonchev–Trinajstić information content (AvgIpc) is 2.45. The van der Waals surface area contributed by atoms with E-state index in [-0.39, 0.29) is 40.6 Å². The fraction of sp³-hybridized carbons (Fsp3) is 0.462. The normalized spacial score (nSPS) is 18.0. The number of likely N-dealkylation sites (N-methyl/N-ethyl adjacent to an activating group) is 1. The molecule has 1 amide bonds. The van der Waals surface area contributed by atoms with E-state index in [1.165, 1.54) is 18.2 Å². The number of nitro groups is 1. The molecule has 1 heterocycles. The highest BCUT2D eigenvalue weighted by Crippen LogP contribution is 2.23. The molecule has 1 N–H and O–H groups in total. The second kappa shape index (κ2) is 7.59. The number of benzene rings is 1. The van der Waals surface area contributed by atoms with Crippen LogP contribution in [0.25, 0.3) is 0 Å². The SMILES string of the molecule is CNC1CCCN(C(=O)c2cc(Cl)cc([N+](=O)[O-])c2)C1.Cl. The maximum atomic E-state index is 12.4. The Morgan fingerprint density at radius 3 is 2.81 bits per heavy atom. The highest BCUT2D eigenvalue weighted by molar-refractivity contribution is 6.31. The number of nitrogens with one attached hydrogen (secondary N) is 1. The van der Waals surface area contributed by atoms with Crippen molar-refractivity contribution in [1.29, 1.82) is 0 Å². The van der Waals surface area contributed by atoms with E-state index in [1.807, 2.05) is 7.05 Å². The number of carbonyl (C=O) groups is 1. The quantitative estimate of drug-likeness (QED) is 0.681. The number of carbonyl (C=O) groups excluding carboxylic acids is 1. The molecule has 1 atom stereocenters. The van der Waals surface area contributed by atoms with Gasteiger partial charge in [0.15, 0.2) is 0 Å². The van der Waals surface area contributed by atoms with Gasteiger partial charge in [0.1, 0.15) is 0 Å². The first kappa shape index (κ1) is 17.7. The summed E-state index contributed by atoms with van der Waals surface area (Å²) in [5.74, 6) is -0.212. The maximum absolute atomic E-state index is 12.4. The van der Waals surface area contributed by atoms with Gasteiger partial charge in [0.05, 0.1) is 4.92 Å². The minimum Gasteiger partial charge on any atom is -0.337 e. The number of likely N-dealkylation sites (tertiary alicyclic amines) is 1. The fourth-order valence-electron chi connectivity index (χ4n) is 2.38. The first-order valence-electron chi connectivity index (χ1n) is 6.43. The van der Waals surface area contributed by atoms with Gasteiger partial charge in [-0.15, -0.1) is 12.4 Å². The molecule has 1 fully saturated rings. The first-order chi connectivity index (χ1) is 9.51. The van der Waals surface area contributed by atoms with Crippen LogP contribution in [0, 0.1) is 10.1 Å². The zero-order valence-electron chi connectivity index (χ0n) is 11.5. The summed E-state index contributed by atoms with van der Waals surface area (Å²) in [7, 11) is 1.86. The molecular formula is C13H17Cl2N3O3. The van der Waals surface area contributed by atoms with E-state index in [9.17, 15) is 14.9 Å². The van der Waals surface area contributed by atoms with Crippen LogP contribution in [0.3, 0.4) is 0 Å². The van der Waals surface area contributed by atoms with Gasteiger partial charge < -0.3 is 10.2 Å². The molecule has 1 aromatic carbocycles. The summed E-state index contributed by atoms with van der Waals surface area (Å²) in [4.78, 5) is 24.4. The second-order valence-electron chi connectivity index (χ2n) is 4.83. The van der Waals surface area contributed by atoms with Gasteiger partial charge in [-0.25, -0.2) is 0 Å². The van der Waals surface area contributed by atoms with Gasteiger partial charge >= 0.3 is 0 Å². The van der Waals surface area contributed by atoms with E-state index in [1.54, 1.807) is 4.90 Å². The van der Waals surface area contributed by atoms with Crippen LogP contribution in [0.1, 0.15) is 23.2 Å². The molecule has 0 saturated carbocycles. The molecule has 2 rings (SSSR count). The van der Waals surface area contributed by atoms with Crippen LogP contribution >= 0.6 is 24.0 Å². The third kappa shape index (κ3) is 4.30. The molecule has 116 valence electrons. The Bertz CT molecular complexity index is 539. The number of amides is 1. The van der Waals surface area contributed by atoms with Crippen molar-refractivity contribution in [3.05, 3.63) is 38.9 Å². The molecule has 1 unspecified atom stereocenters. The van der Waals surface area contributed by atoms with Gasteiger partial charge in [0.2, 0.25) is 0 Å². The van der Waals surface area contributed by atoms with Crippen LogP contribution in [-0.4, -0.2) is 41.9 Å². The van der Waals surface area contributed by atoms with Gasteiger partial charge in [-0.1, -0.05) is 11.6 Å². The summed E-state index contributed by atoms with van der Waals surface area (Å²) >= 11 is 5.85. The second-order valence-corrected chi connectivity index (χ2v) is 5.27. The van der Waals surface area contributed by atoms with Gasteiger partial charge in [0.25, 0.3) is 11.6 Å². The van der Waals surface area contributed by atoms with Gasteiger partial charge in [0, 0.05) is 41.9 Å². The highest BCUT2D eigenvalue weighted by atomic mass is 35.5. The molecule has 6 nitrogen and oxygen atoms in total. The van der Waals surface area contributed by atoms with Crippen molar-refractivity contribution in [2.24, 2.45) is 0 Å². The third-order valence-corrected chi connectivity index (χ3v) is 3.68. The summed E-state index contributed by atoms with van der Waals surface area (Å²) in [5.41, 5.74) is 0.101. The molecular weight excluding hydrogens is 317 g/mol. The van der Waals surface area contributed by atoms with Crippen molar-refractivity contribution >= 4 is 35.6 Å². The monoisotopic (exact) mass is 333 g/mol. The fourth-order valence-corrected chi connectivity index (χ4v) is 2.61. The summed E-state index contributed by atoms with van der Waals surface area (Å²) in [6.45, 7) is 1.27. The van der Waals surface area contributed by atoms with Crippen LogP contribution in [0.2, 0.25) is 5.02 Å². The van der Waals surface area contributed by atoms with Crippen LogP contribution in [0.5, 0.6) is 0 Å². The number of piperidine rings is 1. The lowest BCUT2D eigenvalue weighted by Gasteiger charge is -2.32. The molecule has 21 heavy (non-hydrogen) atoms. The average molecular weight is 334 g/mol. The molecule has 1 aliphatic rings. The van der Waals surface area contributed by atoms with Crippen molar-refractivity contribution in [3.8, 4) is 0 Å². The van der Waals surface area contributed by atoms with Gasteiger partial charge in [-0.2, -0.15) is 0 Å². The Morgan fingerprint density at radius 1 is 1.48 bits per heavy atom. The summed E-state index contributed by atoms with van der Waals surface area (Å²) in [6, 6.07) is 4.25. The lowest BCUT2D eigenvalue weighted by molar-refractivity contribution is -0.384. The van der Waals surface area contributed by atoms with Crippen molar-refractivity contribution in [1.82, 2.24) is 10.2 Å². The maximum Gasteiger partial charge on any atom is 0.271 e. The number of hydrogen-bond donors (Lipinski definition) is 1. The summed E-state index contributed by atoms with van der Waals surface area (Å²) in [6.07, 6.45) is 1.94. The van der Waals surface area contributed by atoms with E-state index in [0.717, 1.165) is 12.8 Å². The number of nitro benzene ring substituents is 1. The Labute approximate surface area is 134 Å². The molecule has 0 spiro atoms. The van der Waals surface area contributed by atoms with E-state index < -0.39 is 4.92 Å². The molecule has 1 aromatic rings. The number of non-ortho nitro benzene ring substituents is 1. The lowest BCUT2D eigenvalue weighted by Crippen LogP contribution is -2.46. The summed E-state index contributed by atoms with van der Waals surface area (Å²) < 4.78 is 0. The van der Waals surface area contributed by atoms with E-state index in [2.05, 4.69) is 5.32 Å². The van der Waals surface area contributed by atoms with Crippen LogP contribution in [0.4, 0.5) is 5.69 Å². The van der Waals surface area contributed by atoms with E-state index in [4.69, 9.17) is 11.6 Å². The standard InChI is InChI=1S/C13H16ClN3O3.ClH/c1-15-11-3-2-4-16(8-11)13(18)9-5-10(14)7-12(6-9)17(19)20;/h5-7,11,15H,2-4,8H2,1H3;1H. The Hall–Kier alpha value is -1.37. The van der Waals surface area contributed by atoms with Crippen LogP contribution in [-0.2, 0) is 0 Å². The molecule has 1 saturated heterocycles. The Kier molecular flexibility index (Phi) is 6.39. The molecule has 0 aromatic heterocycles. The topological polar surface area (TPSA) is 75.5 Å². The van der Waals surface area contributed by atoms with Crippen molar-refractivity contribution in [2.75, 3.05) is 20.1 Å². The molecule has 1 aliphatic heterocycles. The molecule has 0 radical (unpaired) electrons. The van der Waals surface area contributed by atoms with E-state index >= 15 is 0 Å². The first-order valence-corrected chi connectivity index (χ1v) is 6.80. The minimum atomic E-state index is -0.546. The zero-order chi connectivity index (χ0) is 14.7.